The highest BCUT2D eigenvalue weighted by atomic mass is 35.5. The number of halogens is 2. The van der Waals surface area contributed by atoms with Gasteiger partial charge in [-0.05, 0) is 50.9 Å². The number of aromatic nitrogens is 3. The summed E-state index contributed by atoms with van der Waals surface area (Å²) in [6.07, 6.45) is 0.934. The molecule has 0 saturated carbocycles. The Morgan fingerprint density at radius 3 is 2.83 bits per heavy atom. The van der Waals surface area contributed by atoms with Gasteiger partial charge < -0.3 is 10.6 Å². The minimum atomic E-state index is -0.0840. The van der Waals surface area contributed by atoms with Crippen molar-refractivity contribution in [3.8, 4) is 5.69 Å². The lowest BCUT2D eigenvalue weighted by Crippen LogP contribution is -2.35. The van der Waals surface area contributed by atoms with E-state index in [-0.39, 0.29) is 24.4 Å². The predicted molar refractivity (Wildman–Crippen MR) is 96.0 cm³/mol. The lowest BCUT2D eigenvalue weighted by atomic mass is 10.1. The Balaban J connectivity index is 0.00000208. The van der Waals surface area contributed by atoms with Gasteiger partial charge in [-0.1, -0.05) is 22.9 Å². The maximum atomic E-state index is 12.8. The monoisotopic (exact) mass is 369 g/mol. The van der Waals surface area contributed by atoms with E-state index in [1.165, 1.54) is 0 Å². The molecule has 0 bridgehead atoms. The van der Waals surface area contributed by atoms with E-state index in [4.69, 9.17) is 17.3 Å². The first-order valence-electron chi connectivity index (χ1n) is 7.70. The van der Waals surface area contributed by atoms with Crippen molar-refractivity contribution >= 4 is 29.9 Å². The summed E-state index contributed by atoms with van der Waals surface area (Å²) in [4.78, 5) is 14.6. The number of hydrogen-bond donors (Lipinski definition) is 1. The highest BCUT2D eigenvalue weighted by molar-refractivity contribution is 6.30. The number of amides is 1. The Hall–Kier alpha value is -1.63. The van der Waals surface area contributed by atoms with E-state index >= 15 is 0 Å². The molecule has 1 aliphatic heterocycles. The molecule has 3 rings (SSSR count). The van der Waals surface area contributed by atoms with E-state index in [0.717, 1.165) is 12.1 Å². The Labute approximate surface area is 152 Å². The van der Waals surface area contributed by atoms with Crippen molar-refractivity contribution in [3.63, 3.8) is 0 Å². The molecule has 1 fully saturated rings. The van der Waals surface area contributed by atoms with Crippen molar-refractivity contribution in [2.24, 2.45) is 11.7 Å². The molecule has 2 atom stereocenters. The number of hydrogen-bond acceptors (Lipinski definition) is 4. The van der Waals surface area contributed by atoms with Crippen molar-refractivity contribution in [2.75, 3.05) is 13.1 Å². The Kier molecular flexibility index (Phi) is 5.85. The van der Waals surface area contributed by atoms with E-state index in [1.807, 2.05) is 30.9 Å². The van der Waals surface area contributed by atoms with Gasteiger partial charge in [-0.3, -0.25) is 4.79 Å². The van der Waals surface area contributed by atoms with Crippen LogP contribution in [-0.4, -0.2) is 44.9 Å². The van der Waals surface area contributed by atoms with E-state index < -0.39 is 0 Å². The maximum Gasteiger partial charge on any atom is 0.276 e. The van der Waals surface area contributed by atoms with Gasteiger partial charge in [0.15, 0.2) is 5.69 Å². The normalized spacial score (nSPS) is 20.1. The number of benzene rings is 1. The SMILES string of the molecule is Cc1c(C(=O)N2CC(CN)CC2C)nnn1-c1cccc(Cl)c1.Cl. The first-order valence-corrected chi connectivity index (χ1v) is 8.08. The molecule has 8 heteroatoms. The fourth-order valence-corrected chi connectivity index (χ4v) is 3.30. The fraction of sp³-hybridized carbons (Fsp3) is 0.438. The van der Waals surface area contributed by atoms with Gasteiger partial charge in [0.2, 0.25) is 0 Å². The van der Waals surface area contributed by atoms with Gasteiger partial charge in [0.05, 0.1) is 11.4 Å². The summed E-state index contributed by atoms with van der Waals surface area (Å²) in [6, 6.07) is 7.48. The molecule has 2 N–H and O–H groups in total. The van der Waals surface area contributed by atoms with Gasteiger partial charge in [0, 0.05) is 17.6 Å². The lowest BCUT2D eigenvalue weighted by Gasteiger charge is -2.20. The quantitative estimate of drug-likeness (QED) is 0.901. The van der Waals surface area contributed by atoms with E-state index in [1.54, 1.807) is 16.8 Å². The lowest BCUT2D eigenvalue weighted by molar-refractivity contribution is 0.0736. The van der Waals surface area contributed by atoms with E-state index in [9.17, 15) is 4.79 Å². The molecule has 2 heterocycles. The number of likely N-dealkylation sites (tertiary alicyclic amines) is 1. The standard InChI is InChI=1S/C16H20ClN5O.ClH/c1-10-6-12(8-18)9-21(10)16(23)15-11(2)22(20-19-15)14-5-3-4-13(17)7-14;/h3-5,7,10,12H,6,8-9,18H2,1-2H3;1H. The topological polar surface area (TPSA) is 77.0 Å². The number of nitrogens with two attached hydrogens (primary N) is 1. The Morgan fingerprint density at radius 2 is 2.21 bits per heavy atom. The molecule has 2 unspecified atom stereocenters. The van der Waals surface area contributed by atoms with Crippen LogP contribution in [0.2, 0.25) is 5.02 Å². The molecular formula is C16H21Cl2N5O. The Morgan fingerprint density at radius 1 is 1.46 bits per heavy atom. The van der Waals surface area contributed by atoms with Crippen LogP contribution in [0.4, 0.5) is 0 Å². The molecular weight excluding hydrogens is 349 g/mol. The minimum Gasteiger partial charge on any atom is -0.334 e. The molecule has 6 nitrogen and oxygen atoms in total. The van der Waals surface area contributed by atoms with Crippen LogP contribution in [0, 0.1) is 12.8 Å². The third kappa shape index (κ3) is 3.41. The zero-order chi connectivity index (χ0) is 16.6. The molecule has 1 aromatic heterocycles. The molecule has 1 amide bonds. The molecule has 0 spiro atoms. The van der Waals surface area contributed by atoms with Crippen LogP contribution in [0.3, 0.4) is 0 Å². The maximum absolute atomic E-state index is 12.8. The molecule has 1 saturated heterocycles. The highest BCUT2D eigenvalue weighted by Gasteiger charge is 2.34. The van der Waals surface area contributed by atoms with Crippen molar-refractivity contribution < 1.29 is 4.79 Å². The summed E-state index contributed by atoms with van der Waals surface area (Å²) in [5, 5.41) is 8.83. The largest absolute Gasteiger partial charge is 0.334 e. The highest BCUT2D eigenvalue weighted by Crippen LogP contribution is 2.25. The first kappa shape index (κ1) is 18.7. The first-order chi connectivity index (χ1) is 11.0. The number of carbonyl (C=O) groups excluding carboxylic acids is 1. The molecule has 0 radical (unpaired) electrons. The van der Waals surface area contributed by atoms with Gasteiger partial charge in [0.25, 0.3) is 5.91 Å². The molecule has 2 aromatic rings. The van der Waals surface area contributed by atoms with Crippen molar-refractivity contribution in [1.82, 2.24) is 19.9 Å². The van der Waals surface area contributed by atoms with E-state index in [0.29, 0.717) is 35.4 Å². The van der Waals surface area contributed by atoms with Crippen molar-refractivity contribution in [3.05, 3.63) is 40.7 Å². The average Bonchev–Trinajstić information content (AvgIpc) is 3.09. The molecule has 130 valence electrons. The van der Waals surface area contributed by atoms with Crippen LogP contribution < -0.4 is 5.73 Å². The summed E-state index contributed by atoms with van der Waals surface area (Å²) < 4.78 is 1.64. The third-order valence-corrected chi connectivity index (χ3v) is 4.64. The number of carbonyl (C=O) groups is 1. The summed E-state index contributed by atoms with van der Waals surface area (Å²) in [7, 11) is 0. The van der Waals surface area contributed by atoms with Crippen LogP contribution in [0.15, 0.2) is 24.3 Å². The molecule has 0 aliphatic carbocycles. The van der Waals surface area contributed by atoms with E-state index in [2.05, 4.69) is 10.3 Å². The summed E-state index contributed by atoms with van der Waals surface area (Å²) in [5.41, 5.74) is 7.62. The fourth-order valence-electron chi connectivity index (χ4n) is 3.11. The predicted octanol–water partition coefficient (Wildman–Crippen LogP) is 2.46. The molecule has 1 aromatic carbocycles. The molecule has 24 heavy (non-hydrogen) atoms. The second-order valence-electron chi connectivity index (χ2n) is 6.06. The number of nitrogens with zero attached hydrogens (tertiary/aromatic N) is 4. The van der Waals surface area contributed by atoms with Crippen LogP contribution in [0.1, 0.15) is 29.5 Å². The Bertz CT molecular complexity index is 733. The zero-order valence-electron chi connectivity index (χ0n) is 13.6. The van der Waals surface area contributed by atoms with Crippen LogP contribution in [0.5, 0.6) is 0 Å². The van der Waals surface area contributed by atoms with Crippen molar-refractivity contribution in [1.29, 1.82) is 0 Å². The summed E-state index contributed by atoms with van der Waals surface area (Å²) >= 11 is 6.02. The zero-order valence-corrected chi connectivity index (χ0v) is 15.2. The van der Waals surface area contributed by atoms with Crippen LogP contribution in [-0.2, 0) is 0 Å². The van der Waals surface area contributed by atoms with Gasteiger partial charge in [-0.15, -0.1) is 17.5 Å². The summed E-state index contributed by atoms with van der Waals surface area (Å²) in [5.74, 6) is 0.274. The van der Waals surface area contributed by atoms with Gasteiger partial charge in [0.1, 0.15) is 0 Å². The average molecular weight is 370 g/mol. The second kappa shape index (κ2) is 7.51. The van der Waals surface area contributed by atoms with Gasteiger partial charge >= 0.3 is 0 Å². The van der Waals surface area contributed by atoms with Crippen LogP contribution in [0.25, 0.3) is 5.69 Å². The van der Waals surface area contributed by atoms with Crippen LogP contribution >= 0.6 is 24.0 Å². The molecule has 1 aliphatic rings. The number of rotatable bonds is 3. The smallest absolute Gasteiger partial charge is 0.276 e. The van der Waals surface area contributed by atoms with Gasteiger partial charge in [-0.25, -0.2) is 4.68 Å². The minimum absolute atomic E-state index is 0. The summed E-state index contributed by atoms with van der Waals surface area (Å²) in [6.45, 7) is 5.17. The second-order valence-corrected chi connectivity index (χ2v) is 6.50. The van der Waals surface area contributed by atoms with Gasteiger partial charge in [-0.2, -0.15) is 0 Å². The van der Waals surface area contributed by atoms with Crippen molar-refractivity contribution in [2.45, 2.75) is 26.3 Å². The third-order valence-electron chi connectivity index (χ3n) is 4.41.